The fourth-order valence-corrected chi connectivity index (χ4v) is 2.41. The quantitative estimate of drug-likeness (QED) is 0.612. The molecule has 0 radical (unpaired) electrons. The summed E-state index contributed by atoms with van der Waals surface area (Å²) in [4.78, 5) is 9.78. The number of halogens is 1. The summed E-state index contributed by atoms with van der Waals surface area (Å²) in [6.07, 6.45) is 3.67. The van der Waals surface area contributed by atoms with Gasteiger partial charge >= 0.3 is 0 Å². The minimum atomic E-state index is 0.798. The van der Waals surface area contributed by atoms with Gasteiger partial charge in [0.2, 0.25) is 0 Å². The van der Waals surface area contributed by atoms with Crippen molar-refractivity contribution in [3.05, 3.63) is 45.3 Å². The van der Waals surface area contributed by atoms with E-state index in [0.29, 0.717) is 0 Å². The lowest BCUT2D eigenvalue weighted by atomic mass is 10.2. The topological polar surface area (TPSA) is 25.8 Å². The third-order valence-corrected chi connectivity index (χ3v) is 3.76. The standard InChI is InChI=1S/C12H11IN2S/c1-8-3-4-11(9(2)5-8)16-12-14-6-10(13)7-15-12/h3-7H,1-2H3. The van der Waals surface area contributed by atoms with E-state index in [0.717, 1.165) is 8.73 Å². The minimum Gasteiger partial charge on any atom is -0.230 e. The van der Waals surface area contributed by atoms with E-state index >= 15 is 0 Å². The zero-order valence-corrected chi connectivity index (χ0v) is 12.0. The molecule has 0 aliphatic heterocycles. The molecule has 16 heavy (non-hydrogen) atoms. The van der Waals surface area contributed by atoms with E-state index in [1.165, 1.54) is 16.0 Å². The highest BCUT2D eigenvalue weighted by Crippen LogP contribution is 2.27. The molecule has 0 aliphatic rings. The fraction of sp³-hybridized carbons (Fsp3) is 0.167. The number of nitrogens with zero attached hydrogens (tertiary/aromatic N) is 2. The molecular weight excluding hydrogens is 331 g/mol. The van der Waals surface area contributed by atoms with Gasteiger partial charge in [-0.1, -0.05) is 17.7 Å². The van der Waals surface area contributed by atoms with Gasteiger partial charge in [-0.2, -0.15) is 0 Å². The van der Waals surface area contributed by atoms with Crippen molar-refractivity contribution in [3.63, 3.8) is 0 Å². The molecule has 2 rings (SSSR count). The first-order valence-corrected chi connectivity index (χ1v) is 6.77. The molecule has 82 valence electrons. The minimum absolute atomic E-state index is 0.798. The Bertz CT molecular complexity index is 497. The summed E-state index contributed by atoms with van der Waals surface area (Å²) in [5, 5.41) is 0.798. The third kappa shape index (κ3) is 2.95. The van der Waals surface area contributed by atoms with Gasteiger partial charge in [0.1, 0.15) is 0 Å². The maximum atomic E-state index is 4.28. The van der Waals surface area contributed by atoms with Gasteiger partial charge < -0.3 is 0 Å². The van der Waals surface area contributed by atoms with E-state index in [1.54, 1.807) is 11.8 Å². The van der Waals surface area contributed by atoms with Gasteiger partial charge in [-0.25, -0.2) is 9.97 Å². The van der Waals surface area contributed by atoms with Crippen LogP contribution in [0.25, 0.3) is 0 Å². The molecule has 0 fully saturated rings. The number of hydrogen-bond donors (Lipinski definition) is 0. The molecule has 0 amide bonds. The molecule has 2 aromatic rings. The molecule has 0 unspecified atom stereocenters. The van der Waals surface area contributed by atoms with Gasteiger partial charge in [0, 0.05) is 20.9 Å². The Morgan fingerprint density at radius 3 is 2.44 bits per heavy atom. The molecule has 1 heterocycles. The Morgan fingerprint density at radius 1 is 1.12 bits per heavy atom. The first kappa shape index (κ1) is 11.9. The van der Waals surface area contributed by atoms with Crippen molar-refractivity contribution >= 4 is 34.4 Å². The van der Waals surface area contributed by atoms with Crippen molar-refractivity contribution in [1.29, 1.82) is 0 Å². The molecule has 0 N–H and O–H groups in total. The molecule has 0 aliphatic carbocycles. The predicted octanol–water partition coefficient (Wildman–Crippen LogP) is 3.85. The van der Waals surface area contributed by atoms with E-state index in [2.05, 4.69) is 64.6 Å². The van der Waals surface area contributed by atoms with Crippen LogP contribution in [0.5, 0.6) is 0 Å². The van der Waals surface area contributed by atoms with E-state index in [4.69, 9.17) is 0 Å². The molecule has 4 heteroatoms. The maximum absolute atomic E-state index is 4.28. The summed E-state index contributed by atoms with van der Waals surface area (Å²) in [6, 6.07) is 6.41. The summed E-state index contributed by atoms with van der Waals surface area (Å²) >= 11 is 3.81. The van der Waals surface area contributed by atoms with Gasteiger partial charge in [0.05, 0.1) is 0 Å². The zero-order chi connectivity index (χ0) is 11.5. The number of rotatable bonds is 2. The molecule has 0 spiro atoms. The van der Waals surface area contributed by atoms with Crippen LogP contribution in [-0.2, 0) is 0 Å². The molecule has 1 aromatic carbocycles. The van der Waals surface area contributed by atoms with Crippen LogP contribution in [-0.4, -0.2) is 9.97 Å². The van der Waals surface area contributed by atoms with Crippen molar-refractivity contribution in [2.24, 2.45) is 0 Å². The summed E-state index contributed by atoms with van der Waals surface area (Å²) < 4.78 is 1.06. The Hall–Kier alpha value is -0.620. The maximum Gasteiger partial charge on any atom is 0.192 e. The molecule has 0 saturated carbocycles. The third-order valence-electron chi connectivity index (χ3n) is 2.13. The van der Waals surface area contributed by atoms with Gasteiger partial charge in [0.15, 0.2) is 5.16 Å². The largest absolute Gasteiger partial charge is 0.230 e. The smallest absolute Gasteiger partial charge is 0.192 e. The first-order valence-electron chi connectivity index (χ1n) is 4.88. The van der Waals surface area contributed by atoms with Crippen LogP contribution in [0.3, 0.4) is 0 Å². The van der Waals surface area contributed by atoms with Crippen LogP contribution in [0.15, 0.2) is 40.6 Å². The number of aryl methyl sites for hydroxylation is 2. The Labute approximate surface area is 113 Å². The SMILES string of the molecule is Cc1ccc(Sc2ncc(I)cn2)c(C)c1. The van der Waals surface area contributed by atoms with Crippen LogP contribution in [0.4, 0.5) is 0 Å². The molecule has 0 bridgehead atoms. The Balaban J connectivity index is 2.23. The fourth-order valence-electron chi connectivity index (χ4n) is 1.37. The highest BCUT2D eigenvalue weighted by atomic mass is 127. The normalized spacial score (nSPS) is 10.4. The first-order chi connectivity index (χ1) is 7.65. The van der Waals surface area contributed by atoms with Gasteiger partial charge in [0.25, 0.3) is 0 Å². The van der Waals surface area contributed by atoms with Crippen LogP contribution < -0.4 is 0 Å². The van der Waals surface area contributed by atoms with Crippen LogP contribution in [0.1, 0.15) is 11.1 Å². The molecule has 2 nitrogen and oxygen atoms in total. The Morgan fingerprint density at radius 2 is 1.81 bits per heavy atom. The van der Waals surface area contributed by atoms with E-state index in [1.807, 2.05) is 12.4 Å². The lowest BCUT2D eigenvalue weighted by Crippen LogP contribution is -1.88. The predicted molar refractivity (Wildman–Crippen MR) is 74.8 cm³/mol. The summed E-state index contributed by atoms with van der Waals surface area (Å²) in [5.41, 5.74) is 2.55. The van der Waals surface area contributed by atoms with Gasteiger partial charge in [-0.3, -0.25) is 0 Å². The summed E-state index contributed by atoms with van der Waals surface area (Å²) in [6.45, 7) is 4.21. The van der Waals surface area contributed by atoms with Crippen LogP contribution >= 0.6 is 34.4 Å². The second-order valence-corrected chi connectivity index (χ2v) is 5.81. The summed E-state index contributed by atoms with van der Waals surface area (Å²) in [7, 11) is 0. The molecule has 1 aromatic heterocycles. The molecule has 0 saturated heterocycles. The lowest BCUT2D eigenvalue weighted by molar-refractivity contribution is 0.956. The second-order valence-electron chi connectivity index (χ2n) is 3.55. The van der Waals surface area contributed by atoms with Crippen molar-refractivity contribution in [2.75, 3.05) is 0 Å². The molecular formula is C12H11IN2S. The zero-order valence-electron chi connectivity index (χ0n) is 9.07. The van der Waals surface area contributed by atoms with E-state index < -0.39 is 0 Å². The average Bonchev–Trinajstić information content (AvgIpc) is 2.25. The number of hydrogen-bond acceptors (Lipinski definition) is 3. The monoisotopic (exact) mass is 342 g/mol. The highest BCUT2D eigenvalue weighted by Gasteiger charge is 2.03. The number of aromatic nitrogens is 2. The van der Waals surface area contributed by atoms with Crippen molar-refractivity contribution in [3.8, 4) is 0 Å². The van der Waals surface area contributed by atoms with Crippen molar-refractivity contribution < 1.29 is 0 Å². The van der Waals surface area contributed by atoms with Gasteiger partial charge in [-0.05, 0) is 59.8 Å². The van der Waals surface area contributed by atoms with Gasteiger partial charge in [-0.15, -0.1) is 0 Å². The lowest BCUT2D eigenvalue weighted by Gasteiger charge is -2.04. The second kappa shape index (κ2) is 5.14. The van der Waals surface area contributed by atoms with Crippen molar-refractivity contribution in [1.82, 2.24) is 9.97 Å². The Kier molecular flexibility index (Phi) is 3.81. The van der Waals surface area contributed by atoms with E-state index in [9.17, 15) is 0 Å². The molecule has 0 atom stereocenters. The highest BCUT2D eigenvalue weighted by molar-refractivity contribution is 14.1. The summed E-state index contributed by atoms with van der Waals surface area (Å²) in [5.74, 6) is 0. The number of benzene rings is 1. The van der Waals surface area contributed by atoms with Crippen LogP contribution in [0.2, 0.25) is 0 Å². The van der Waals surface area contributed by atoms with E-state index in [-0.39, 0.29) is 0 Å². The van der Waals surface area contributed by atoms with Crippen LogP contribution in [0, 0.1) is 17.4 Å². The van der Waals surface area contributed by atoms with Crippen molar-refractivity contribution in [2.45, 2.75) is 23.9 Å². The average molecular weight is 342 g/mol.